The number of rotatable bonds is 3. The van der Waals surface area contributed by atoms with Gasteiger partial charge < -0.3 is 10.1 Å². The van der Waals surface area contributed by atoms with Gasteiger partial charge in [-0.1, -0.05) is 40.7 Å². The van der Waals surface area contributed by atoms with E-state index in [-0.39, 0.29) is 16.5 Å². The molecule has 0 atom stereocenters. The van der Waals surface area contributed by atoms with Gasteiger partial charge in [-0.2, -0.15) is 0 Å². The summed E-state index contributed by atoms with van der Waals surface area (Å²) in [4.78, 5) is 10.5. The molecule has 1 aliphatic heterocycles. The molecule has 25 heavy (non-hydrogen) atoms. The molecule has 3 rings (SSSR count). The van der Waals surface area contributed by atoms with E-state index >= 15 is 0 Å². The van der Waals surface area contributed by atoms with Gasteiger partial charge >= 0.3 is 0 Å². The van der Waals surface area contributed by atoms with Crippen LogP contribution in [0, 0.1) is 15.5 Å². The van der Waals surface area contributed by atoms with Crippen LogP contribution in [0.15, 0.2) is 36.4 Å². The van der Waals surface area contributed by atoms with Crippen LogP contribution in [0.5, 0.6) is 11.5 Å². The third-order valence-corrected chi connectivity index (χ3v) is 4.40. The lowest BCUT2D eigenvalue weighted by atomic mass is 9.72. The van der Waals surface area contributed by atoms with Gasteiger partial charge in [-0.05, 0) is 41.0 Å². The second-order valence-corrected chi connectivity index (χ2v) is 8.50. The molecule has 2 aromatic rings. The van der Waals surface area contributed by atoms with Crippen LogP contribution in [0.4, 0.5) is 17.1 Å². The lowest BCUT2D eigenvalue weighted by molar-refractivity contribution is -0.384. The molecule has 0 radical (unpaired) electrons. The molecule has 0 spiro atoms. The van der Waals surface area contributed by atoms with Crippen LogP contribution < -0.4 is 10.1 Å². The first-order valence-electron chi connectivity index (χ1n) is 8.43. The van der Waals surface area contributed by atoms with Crippen molar-refractivity contribution < 1.29 is 9.66 Å². The van der Waals surface area contributed by atoms with E-state index in [0.717, 1.165) is 17.8 Å². The summed E-state index contributed by atoms with van der Waals surface area (Å²) in [5.74, 6) is 1.16. The number of hydrogen-bond acceptors (Lipinski definition) is 4. The molecule has 5 nitrogen and oxygen atoms in total. The Morgan fingerprint density at radius 1 is 1.00 bits per heavy atom. The van der Waals surface area contributed by atoms with E-state index in [1.807, 2.05) is 6.07 Å². The maximum absolute atomic E-state index is 10.9. The molecule has 1 aliphatic rings. The lowest BCUT2D eigenvalue weighted by Crippen LogP contribution is -2.25. The molecule has 0 fully saturated rings. The number of fused-ring (bicyclic) bond motifs is 2. The fraction of sp³-hybridized carbons (Fsp3) is 0.400. The van der Waals surface area contributed by atoms with Gasteiger partial charge in [0.05, 0.1) is 22.4 Å². The van der Waals surface area contributed by atoms with E-state index in [4.69, 9.17) is 4.74 Å². The van der Waals surface area contributed by atoms with Crippen LogP contribution in [-0.4, -0.2) is 4.92 Å². The Morgan fingerprint density at radius 2 is 1.72 bits per heavy atom. The Morgan fingerprint density at radius 3 is 2.36 bits per heavy atom. The third kappa shape index (κ3) is 3.60. The maximum Gasteiger partial charge on any atom is 0.273 e. The van der Waals surface area contributed by atoms with Crippen molar-refractivity contribution in [3.63, 3.8) is 0 Å². The summed E-state index contributed by atoms with van der Waals surface area (Å²) in [6.07, 6.45) is 1.06. The van der Waals surface area contributed by atoms with Crippen LogP contribution in [0.2, 0.25) is 0 Å². The van der Waals surface area contributed by atoms with Gasteiger partial charge in [0, 0.05) is 6.07 Å². The van der Waals surface area contributed by atoms with Gasteiger partial charge in [0.25, 0.3) is 5.69 Å². The highest BCUT2D eigenvalue weighted by molar-refractivity contribution is 5.77. The first kappa shape index (κ1) is 17.3. The van der Waals surface area contributed by atoms with Crippen LogP contribution in [0.25, 0.3) is 0 Å². The van der Waals surface area contributed by atoms with Gasteiger partial charge in [0.15, 0.2) is 11.5 Å². The predicted molar refractivity (Wildman–Crippen MR) is 100.0 cm³/mol. The normalized spacial score (nSPS) is 13.3. The molecule has 0 bridgehead atoms. The SMILES string of the molecule is CC(C)(C)CC(C)(C)c1ccc2c(c1)Nc1ccc([N+](=O)[O-])cc1O2. The molecule has 0 aromatic heterocycles. The number of hydrogen-bond donors (Lipinski definition) is 1. The quantitative estimate of drug-likeness (QED) is 0.458. The van der Waals surface area contributed by atoms with E-state index in [2.05, 4.69) is 52.1 Å². The molecule has 0 aliphatic carbocycles. The highest BCUT2D eigenvalue weighted by Gasteiger charge is 2.29. The first-order valence-corrected chi connectivity index (χ1v) is 8.43. The standard InChI is InChI=1S/C20H24N2O3/c1-19(2,3)12-20(4,5)13-6-9-17-16(10-13)21-15-8-7-14(22(23)24)11-18(15)25-17/h6-11,21H,12H2,1-5H3. The largest absolute Gasteiger partial charge is 0.453 e. The van der Waals surface area contributed by atoms with E-state index in [1.165, 1.54) is 17.7 Å². The van der Waals surface area contributed by atoms with Crippen molar-refractivity contribution in [3.8, 4) is 11.5 Å². The number of anilines is 2. The zero-order valence-electron chi connectivity index (χ0n) is 15.3. The summed E-state index contributed by atoms with van der Waals surface area (Å²) in [5.41, 5.74) is 3.15. The van der Waals surface area contributed by atoms with Crippen LogP contribution >= 0.6 is 0 Å². The molecule has 132 valence electrons. The number of nitrogens with one attached hydrogen (secondary N) is 1. The summed E-state index contributed by atoms with van der Waals surface area (Å²) in [7, 11) is 0. The van der Waals surface area contributed by atoms with Crippen molar-refractivity contribution in [1.29, 1.82) is 0 Å². The molecule has 2 aromatic carbocycles. The van der Waals surface area contributed by atoms with Gasteiger partial charge in [-0.15, -0.1) is 0 Å². The van der Waals surface area contributed by atoms with Gasteiger partial charge in [0.2, 0.25) is 0 Å². The fourth-order valence-electron chi connectivity index (χ4n) is 3.64. The molecule has 0 saturated carbocycles. The van der Waals surface area contributed by atoms with Gasteiger partial charge in [0.1, 0.15) is 0 Å². The van der Waals surface area contributed by atoms with E-state index < -0.39 is 4.92 Å². The van der Waals surface area contributed by atoms with Gasteiger partial charge in [-0.3, -0.25) is 10.1 Å². The minimum atomic E-state index is -0.419. The van der Waals surface area contributed by atoms with Crippen molar-refractivity contribution in [1.82, 2.24) is 0 Å². The van der Waals surface area contributed by atoms with Crippen molar-refractivity contribution in [3.05, 3.63) is 52.1 Å². The Bertz CT molecular complexity index is 835. The smallest absolute Gasteiger partial charge is 0.273 e. The molecule has 0 saturated heterocycles. The number of nitro groups is 1. The zero-order valence-corrected chi connectivity index (χ0v) is 15.3. The fourth-order valence-corrected chi connectivity index (χ4v) is 3.64. The number of non-ortho nitro benzene ring substituents is 1. The minimum Gasteiger partial charge on any atom is -0.453 e. The van der Waals surface area contributed by atoms with E-state index in [0.29, 0.717) is 11.5 Å². The van der Waals surface area contributed by atoms with E-state index in [1.54, 1.807) is 6.07 Å². The molecule has 0 amide bonds. The summed E-state index contributed by atoms with van der Waals surface area (Å²) in [6.45, 7) is 11.2. The number of nitrogens with zero attached hydrogens (tertiary/aromatic N) is 1. The molecule has 0 unspecified atom stereocenters. The first-order chi connectivity index (χ1) is 11.5. The van der Waals surface area contributed by atoms with E-state index in [9.17, 15) is 10.1 Å². The van der Waals surface area contributed by atoms with Gasteiger partial charge in [-0.25, -0.2) is 0 Å². The summed E-state index contributed by atoms with van der Waals surface area (Å²) in [6, 6.07) is 10.7. The second kappa shape index (κ2) is 5.76. The van der Waals surface area contributed by atoms with Crippen LogP contribution in [0.1, 0.15) is 46.6 Å². The molecule has 5 heteroatoms. The summed E-state index contributed by atoms with van der Waals surface area (Å²) < 4.78 is 5.87. The number of nitro benzene ring substituents is 1. The zero-order chi connectivity index (χ0) is 18.4. The number of benzene rings is 2. The highest BCUT2D eigenvalue weighted by Crippen LogP contribution is 2.45. The summed E-state index contributed by atoms with van der Waals surface area (Å²) in [5, 5.41) is 14.3. The Balaban J connectivity index is 1.92. The van der Waals surface area contributed by atoms with Crippen molar-refractivity contribution >= 4 is 17.1 Å². The predicted octanol–water partition coefficient (Wildman–Crippen LogP) is 6.16. The monoisotopic (exact) mass is 340 g/mol. The molecule has 1 N–H and O–H groups in total. The average Bonchev–Trinajstić information content (AvgIpc) is 2.49. The second-order valence-electron chi connectivity index (χ2n) is 8.50. The Hall–Kier alpha value is -2.56. The molecule has 1 heterocycles. The highest BCUT2D eigenvalue weighted by atomic mass is 16.6. The minimum absolute atomic E-state index is 0.0203. The van der Waals surface area contributed by atoms with Crippen LogP contribution in [-0.2, 0) is 5.41 Å². The van der Waals surface area contributed by atoms with Crippen molar-refractivity contribution in [2.75, 3.05) is 5.32 Å². The van der Waals surface area contributed by atoms with Crippen LogP contribution in [0.3, 0.4) is 0 Å². The summed E-state index contributed by atoms with van der Waals surface area (Å²) >= 11 is 0. The molecular weight excluding hydrogens is 316 g/mol. The lowest BCUT2D eigenvalue weighted by Gasteiger charge is -2.34. The third-order valence-electron chi connectivity index (χ3n) is 4.40. The number of ether oxygens (including phenoxy) is 1. The Labute approximate surface area is 148 Å². The van der Waals surface area contributed by atoms with Crippen molar-refractivity contribution in [2.45, 2.75) is 46.5 Å². The van der Waals surface area contributed by atoms with Crippen molar-refractivity contribution in [2.24, 2.45) is 5.41 Å². The average molecular weight is 340 g/mol. The topological polar surface area (TPSA) is 64.4 Å². The maximum atomic E-state index is 10.9. The Kier molecular flexibility index (Phi) is 3.98. The molecular formula is C20H24N2O3.